The highest BCUT2D eigenvalue weighted by atomic mass is 16.5. The summed E-state index contributed by atoms with van der Waals surface area (Å²) in [4.78, 5) is 24.8. The second-order valence-corrected chi connectivity index (χ2v) is 5.39. The van der Waals surface area contributed by atoms with Crippen LogP contribution < -0.4 is 5.32 Å². The van der Waals surface area contributed by atoms with E-state index in [9.17, 15) is 9.59 Å². The zero-order chi connectivity index (χ0) is 14.6. The molecule has 0 aromatic carbocycles. The van der Waals surface area contributed by atoms with Crippen molar-refractivity contribution in [2.45, 2.75) is 37.3 Å². The summed E-state index contributed by atoms with van der Waals surface area (Å²) in [5.41, 5.74) is -0.482. The molecule has 2 unspecified atom stereocenters. The van der Waals surface area contributed by atoms with Crippen LogP contribution in [0, 0.1) is 0 Å². The number of rotatable bonds is 4. The van der Waals surface area contributed by atoms with Crippen molar-refractivity contribution >= 4 is 12.0 Å². The lowest BCUT2D eigenvalue weighted by Gasteiger charge is -2.34. The molecule has 2 saturated heterocycles. The van der Waals surface area contributed by atoms with Crippen molar-refractivity contribution in [3.05, 3.63) is 0 Å². The van der Waals surface area contributed by atoms with E-state index < -0.39 is 17.6 Å². The SMILES string of the molecule is COC1(CNC(=O)N2CCCCC2C(=O)O)CCOC1. The molecule has 2 amide bonds. The number of hydrogen-bond donors (Lipinski definition) is 2. The van der Waals surface area contributed by atoms with Crippen LogP contribution in [0.25, 0.3) is 0 Å². The average molecular weight is 286 g/mol. The number of methoxy groups -OCH3 is 1. The number of hydrogen-bond acceptors (Lipinski definition) is 4. The fourth-order valence-corrected chi connectivity index (χ4v) is 2.73. The maximum absolute atomic E-state index is 12.2. The van der Waals surface area contributed by atoms with Gasteiger partial charge in [-0.1, -0.05) is 0 Å². The molecule has 0 aromatic rings. The molecule has 0 aromatic heterocycles. The van der Waals surface area contributed by atoms with Gasteiger partial charge in [-0.25, -0.2) is 9.59 Å². The van der Waals surface area contributed by atoms with E-state index in [1.54, 1.807) is 7.11 Å². The first kappa shape index (κ1) is 15.1. The van der Waals surface area contributed by atoms with E-state index in [0.717, 1.165) is 19.3 Å². The minimum atomic E-state index is -0.939. The Labute approximate surface area is 118 Å². The van der Waals surface area contributed by atoms with Crippen LogP contribution in [0.2, 0.25) is 0 Å². The fraction of sp³-hybridized carbons (Fsp3) is 0.846. The van der Waals surface area contributed by atoms with Gasteiger partial charge in [-0.15, -0.1) is 0 Å². The Morgan fingerprint density at radius 3 is 2.90 bits per heavy atom. The van der Waals surface area contributed by atoms with Gasteiger partial charge in [0.15, 0.2) is 0 Å². The number of amides is 2. The Kier molecular flexibility index (Phi) is 4.82. The number of likely N-dealkylation sites (tertiary alicyclic amines) is 1. The normalized spacial score (nSPS) is 30.2. The summed E-state index contributed by atoms with van der Waals surface area (Å²) in [5.74, 6) is -0.939. The van der Waals surface area contributed by atoms with Crippen LogP contribution >= 0.6 is 0 Å². The highest BCUT2D eigenvalue weighted by Gasteiger charge is 2.37. The van der Waals surface area contributed by atoms with Gasteiger partial charge in [-0.2, -0.15) is 0 Å². The predicted octanol–water partition coefficient (Wildman–Crippen LogP) is 0.441. The van der Waals surface area contributed by atoms with Crippen LogP contribution in [0.5, 0.6) is 0 Å². The van der Waals surface area contributed by atoms with Crippen molar-refractivity contribution in [1.82, 2.24) is 10.2 Å². The van der Waals surface area contributed by atoms with Crippen LogP contribution in [-0.2, 0) is 14.3 Å². The number of carboxylic acids is 1. The number of carbonyl (C=O) groups excluding carboxylic acids is 1. The first-order valence-corrected chi connectivity index (χ1v) is 6.98. The molecule has 0 aliphatic carbocycles. The van der Waals surface area contributed by atoms with Crippen LogP contribution in [0.3, 0.4) is 0 Å². The second kappa shape index (κ2) is 6.41. The van der Waals surface area contributed by atoms with Gasteiger partial charge in [0.1, 0.15) is 11.6 Å². The molecule has 7 nitrogen and oxygen atoms in total. The Morgan fingerprint density at radius 1 is 1.50 bits per heavy atom. The Morgan fingerprint density at radius 2 is 2.30 bits per heavy atom. The number of ether oxygens (including phenoxy) is 2. The Balaban J connectivity index is 1.91. The molecule has 2 fully saturated rings. The maximum atomic E-state index is 12.2. The monoisotopic (exact) mass is 286 g/mol. The summed E-state index contributed by atoms with van der Waals surface area (Å²) in [6.07, 6.45) is 2.93. The lowest BCUT2D eigenvalue weighted by molar-refractivity contribution is -0.143. The van der Waals surface area contributed by atoms with E-state index in [1.807, 2.05) is 0 Å². The number of carbonyl (C=O) groups is 2. The van der Waals surface area contributed by atoms with E-state index in [1.165, 1.54) is 4.90 Å². The molecule has 2 aliphatic heterocycles. The third-order valence-corrected chi connectivity index (χ3v) is 4.11. The smallest absolute Gasteiger partial charge is 0.326 e. The molecule has 0 bridgehead atoms. The number of aliphatic carboxylic acids is 1. The summed E-state index contributed by atoms with van der Waals surface area (Å²) in [5, 5.41) is 12.0. The van der Waals surface area contributed by atoms with Crippen LogP contribution in [-0.4, -0.2) is 67.1 Å². The zero-order valence-corrected chi connectivity index (χ0v) is 11.8. The summed E-state index contributed by atoms with van der Waals surface area (Å²) >= 11 is 0. The maximum Gasteiger partial charge on any atom is 0.326 e. The molecule has 20 heavy (non-hydrogen) atoms. The number of piperidine rings is 1. The number of carboxylic acid groups (broad SMARTS) is 1. The molecule has 114 valence electrons. The van der Waals surface area contributed by atoms with Gasteiger partial charge in [-0.05, 0) is 19.3 Å². The topological polar surface area (TPSA) is 88.1 Å². The van der Waals surface area contributed by atoms with E-state index in [-0.39, 0.29) is 6.03 Å². The van der Waals surface area contributed by atoms with Gasteiger partial charge in [-0.3, -0.25) is 0 Å². The third-order valence-electron chi connectivity index (χ3n) is 4.11. The van der Waals surface area contributed by atoms with Gasteiger partial charge in [0.05, 0.1) is 13.2 Å². The molecule has 2 aliphatic rings. The lowest BCUT2D eigenvalue weighted by atomic mass is 10.0. The summed E-state index contributed by atoms with van der Waals surface area (Å²) < 4.78 is 10.7. The second-order valence-electron chi connectivity index (χ2n) is 5.39. The van der Waals surface area contributed by atoms with Crippen LogP contribution in [0.4, 0.5) is 4.79 Å². The molecule has 7 heteroatoms. The van der Waals surface area contributed by atoms with Crippen molar-refractivity contribution in [3.8, 4) is 0 Å². The molecule has 0 spiro atoms. The van der Waals surface area contributed by atoms with E-state index in [2.05, 4.69) is 5.32 Å². The first-order chi connectivity index (χ1) is 9.58. The minimum absolute atomic E-state index is 0.333. The molecule has 0 saturated carbocycles. The molecule has 2 heterocycles. The number of nitrogens with zero attached hydrogens (tertiary/aromatic N) is 1. The van der Waals surface area contributed by atoms with Crippen LogP contribution in [0.1, 0.15) is 25.7 Å². The van der Waals surface area contributed by atoms with Gasteiger partial charge >= 0.3 is 12.0 Å². The lowest BCUT2D eigenvalue weighted by Crippen LogP contribution is -2.55. The molecule has 2 N–H and O–H groups in total. The first-order valence-electron chi connectivity index (χ1n) is 6.98. The molecule has 0 radical (unpaired) electrons. The van der Waals surface area contributed by atoms with Gasteiger partial charge in [0.2, 0.25) is 0 Å². The molecule has 2 atom stereocenters. The Bertz CT molecular complexity index is 368. The largest absolute Gasteiger partial charge is 0.480 e. The van der Waals surface area contributed by atoms with E-state index in [4.69, 9.17) is 14.6 Å². The average Bonchev–Trinajstić information content (AvgIpc) is 2.94. The van der Waals surface area contributed by atoms with Crippen molar-refractivity contribution < 1.29 is 24.2 Å². The highest BCUT2D eigenvalue weighted by Crippen LogP contribution is 2.22. The standard InChI is InChI=1S/C13H22N2O5/c1-19-13(5-7-20-9-13)8-14-12(18)15-6-3-2-4-10(15)11(16)17/h10H,2-9H2,1H3,(H,14,18)(H,16,17). The van der Waals surface area contributed by atoms with Crippen molar-refractivity contribution in [3.63, 3.8) is 0 Å². The van der Waals surface area contributed by atoms with Crippen molar-refractivity contribution in [2.75, 3.05) is 33.4 Å². The summed E-state index contributed by atoms with van der Waals surface area (Å²) in [6.45, 7) is 1.89. The number of urea groups is 1. The predicted molar refractivity (Wildman–Crippen MR) is 70.6 cm³/mol. The summed E-state index contributed by atoms with van der Waals surface area (Å²) in [6, 6.07) is -1.05. The molecule has 2 rings (SSSR count). The third kappa shape index (κ3) is 3.21. The van der Waals surface area contributed by atoms with E-state index >= 15 is 0 Å². The van der Waals surface area contributed by atoms with Gasteiger partial charge < -0.3 is 24.8 Å². The quantitative estimate of drug-likeness (QED) is 0.783. The van der Waals surface area contributed by atoms with Gasteiger partial charge in [0, 0.05) is 26.7 Å². The Hall–Kier alpha value is -1.34. The van der Waals surface area contributed by atoms with Gasteiger partial charge in [0.25, 0.3) is 0 Å². The zero-order valence-electron chi connectivity index (χ0n) is 11.8. The van der Waals surface area contributed by atoms with E-state index in [0.29, 0.717) is 32.7 Å². The van der Waals surface area contributed by atoms with Crippen LogP contribution in [0.15, 0.2) is 0 Å². The molecular formula is C13H22N2O5. The molecular weight excluding hydrogens is 264 g/mol. The summed E-state index contributed by atoms with van der Waals surface area (Å²) in [7, 11) is 1.60. The fourth-order valence-electron chi connectivity index (χ4n) is 2.73. The van der Waals surface area contributed by atoms with Crippen molar-refractivity contribution in [2.24, 2.45) is 0 Å². The highest BCUT2D eigenvalue weighted by molar-refractivity contribution is 5.82. The number of nitrogens with one attached hydrogen (secondary N) is 1. The minimum Gasteiger partial charge on any atom is -0.480 e. The van der Waals surface area contributed by atoms with Crippen molar-refractivity contribution in [1.29, 1.82) is 0 Å².